The van der Waals surface area contributed by atoms with Gasteiger partial charge in [-0.05, 0) is 55.8 Å². The zero-order valence-electron chi connectivity index (χ0n) is 21.8. The highest BCUT2D eigenvalue weighted by Gasteiger charge is 2.50. The van der Waals surface area contributed by atoms with Crippen LogP contribution in [-0.4, -0.2) is 57.5 Å². The number of H-pyrrole nitrogens is 1. The molecule has 1 unspecified atom stereocenters. The van der Waals surface area contributed by atoms with Crippen molar-refractivity contribution in [3.8, 4) is 16.2 Å². The van der Waals surface area contributed by atoms with Crippen molar-refractivity contribution in [1.29, 1.82) is 0 Å². The van der Waals surface area contributed by atoms with Gasteiger partial charge in [0.05, 0.1) is 13.2 Å². The van der Waals surface area contributed by atoms with Crippen LogP contribution in [0.4, 0.5) is 0 Å². The Labute approximate surface area is 228 Å². The summed E-state index contributed by atoms with van der Waals surface area (Å²) in [6, 6.07) is 11.3. The second-order valence-corrected chi connectivity index (χ2v) is 12.2. The first kappa shape index (κ1) is 29.1. The maximum atomic E-state index is 12.2. The van der Waals surface area contributed by atoms with Crippen molar-refractivity contribution in [2.24, 2.45) is 5.92 Å². The molecule has 0 radical (unpaired) electrons. The van der Waals surface area contributed by atoms with E-state index in [4.69, 9.17) is 18.5 Å². The summed E-state index contributed by atoms with van der Waals surface area (Å²) < 4.78 is 23.4. The van der Waals surface area contributed by atoms with Crippen molar-refractivity contribution in [2.75, 3.05) is 13.7 Å². The lowest BCUT2D eigenvalue weighted by atomic mass is 10.0. The maximum Gasteiger partial charge on any atom is 0.544 e. The standard InChI is InChI=1S/C25H30N3O9PS/c1-14-5-10-20(39-14)17-6-8-18(9-7-17)37-38(33,27-16(3)24(31)34-4)35-13-19-22(30)15(2)23(36-19)28-12-11-21(29)26-25(28)32/h5-12,15-16,19,22-23,27,30,33H,13H2,1-4H3/p+1/t15-,16-,19+,22-,23+,38?/m0/s1. The van der Waals surface area contributed by atoms with Crippen LogP contribution in [0.2, 0.25) is 0 Å². The van der Waals surface area contributed by atoms with Crippen LogP contribution in [0.15, 0.2) is 58.3 Å². The molecule has 3 aromatic rings. The summed E-state index contributed by atoms with van der Waals surface area (Å²) in [4.78, 5) is 51.5. The minimum atomic E-state index is -3.96. The van der Waals surface area contributed by atoms with Crippen molar-refractivity contribution >= 4 is 25.4 Å². The normalized spacial score (nSPS) is 23.2. The average molecular weight is 581 g/mol. The maximum absolute atomic E-state index is 12.2. The van der Waals surface area contributed by atoms with Gasteiger partial charge in [0.2, 0.25) is 0 Å². The van der Waals surface area contributed by atoms with E-state index in [1.165, 1.54) is 35.7 Å². The van der Waals surface area contributed by atoms with Gasteiger partial charge in [-0.3, -0.25) is 23.7 Å². The molecule has 1 fully saturated rings. The Morgan fingerprint density at radius 1 is 1.23 bits per heavy atom. The fraction of sp³-hybridized carbons (Fsp3) is 0.400. The molecule has 4 rings (SSSR count). The van der Waals surface area contributed by atoms with E-state index in [2.05, 4.69) is 10.1 Å². The minimum Gasteiger partial charge on any atom is -0.468 e. The molecule has 0 spiro atoms. The molecule has 4 N–H and O–H groups in total. The molecular formula is C25H31N3O9PS+. The second-order valence-electron chi connectivity index (χ2n) is 9.15. The van der Waals surface area contributed by atoms with E-state index in [1.54, 1.807) is 30.4 Å². The number of hydrogen-bond acceptors (Lipinski definition) is 11. The molecule has 0 saturated carbocycles. The van der Waals surface area contributed by atoms with Crippen molar-refractivity contribution in [3.05, 3.63) is 74.4 Å². The first-order valence-electron chi connectivity index (χ1n) is 12.1. The number of esters is 1. The number of carbonyl (C=O) groups is 1. The molecule has 6 atom stereocenters. The van der Waals surface area contributed by atoms with Gasteiger partial charge in [-0.15, -0.1) is 11.3 Å². The van der Waals surface area contributed by atoms with E-state index >= 15 is 0 Å². The SMILES string of the molecule is COC(=O)[C@H](C)N[P+](O)(OC[C@H]1O[C@@H](n2ccc(=O)[nH]c2=O)[C@@H](C)[C@@H]1O)Oc1ccc(-c2ccc(C)s2)cc1. The summed E-state index contributed by atoms with van der Waals surface area (Å²) >= 11 is 1.65. The highest BCUT2D eigenvalue weighted by molar-refractivity contribution is 7.59. The van der Waals surface area contributed by atoms with Crippen LogP contribution >= 0.6 is 19.4 Å². The number of hydrogen-bond donors (Lipinski definition) is 4. The zero-order chi connectivity index (χ0) is 28.3. The third kappa shape index (κ3) is 6.82. The second kappa shape index (κ2) is 12.1. The summed E-state index contributed by atoms with van der Waals surface area (Å²) in [6.45, 7) is 4.85. The Kier molecular flexibility index (Phi) is 9.02. The molecular weight excluding hydrogens is 549 g/mol. The number of thiophene rings is 1. The van der Waals surface area contributed by atoms with Gasteiger partial charge in [-0.1, -0.05) is 12.0 Å². The van der Waals surface area contributed by atoms with Crippen LogP contribution in [0.5, 0.6) is 5.75 Å². The molecule has 0 amide bonds. The number of nitrogens with one attached hydrogen (secondary N) is 2. The molecule has 210 valence electrons. The summed E-state index contributed by atoms with van der Waals surface area (Å²) in [5.74, 6) is -0.913. The van der Waals surface area contributed by atoms with E-state index in [0.717, 1.165) is 10.4 Å². The van der Waals surface area contributed by atoms with E-state index in [-0.39, 0.29) is 12.4 Å². The topological polar surface area (TPSA) is 161 Å². The molecule has 1 aliphatic rings. The number of aromatic nitrogens is 2. The predicted molar refractivity (Wildman–Crippen MR) is 145 cm³/mol. The first-order valence-corrected chi connectivity index (χ1v) is 14.5. The highest BCUT2D eigenvalue weighted by Crippen LogP contribution is 2.54. The number of rotatable bonds is 10. The minimum absolute atomic E-state index is 0.284. The van der Waals surface area contributed by atoms with E-state index in [9.17, 15) is 24.4 Å². The van der Waals surface area contributed by atoms with Crippen molar-refractivity contribution < 1.29 is 33.3 Å². The number of methoxy groups -OCH3 is 1. The number of benzene rings is 1. The van der Waals surface area contributed by atoms with Crippen LogP contribution in [0, 0.1) is 12.8 Å². The Bertz CT molecular complexity index is 1410. The van der Waals surface area contributed by atoms with Gasteiger partial charge in [0.15, 0.2) is 5.75 Å². The van der Waals surface area contributed by atoms with Crippen LogP contribution in [0.1, 0.15) is 25.0 Å². The van der Waals surface area contributed by atoms with Gasteiger partial charge in [0.25, 0.3) is 5.56 Å². The van der Waals surface area contributed by atoms with Gasteiger partial charge >= 0.3 is 19.8 Å². The van der Waals surface area contributed by atoms with E-state index in [1.807, 2.05) is 31.2 Å². The van der Waals surface area contributed by atoms with Gasteiger partial charge in [0.1, 0.15) is 25.0 Å². The number of aliphatic hydroxyl groups excluding tert-OH is 1. The molecule has 12 nitrogen and oxygen atoms in total. The Balaban J connectivity index is 1.50. The van der Waals surface area contributed by atoms with E-state index in [0.29, 0.717) is 0 Å². The zero-order valence-corrected chi connectivity index (χ0v) is 23.5. The molecule has 0 aliphatic carbocycles. The molecule has 1 aromatic carbocycles. The lowest BCUT2D eigenvalue weighted by Gasteiger charge is -2.22. The number of nitrogens with zero attached hydrogens (tertiary/aromatic N) is 1. The number of aryl methyl sites for hydroxylation is 1. The Hall–Kier alpha value is -2.90. The third-order valence-corrected chi connectivity index (χ3v) is 8.96. The predicted octanol–water partition coefficient (Wildman–Crippen LogP) is 2.38. The molecule has 14 heteroatoms. The highest BCUT2D eigenvalue weighted by atomic mass is 32.1. The largest absolute Gasteiger partial charge is 0.544 e. The van der Waals surface area contributed by atoms with Crippen LogP contribution in [0.3, 0.4) is 0 Å². The van der Waals surface area contributed by atoms with Gasteiger partial charge in [-0.25, -0.2) is 4.79 Å². The van der Waals surface area contributed by atoms with Gasteiger partial charge in [-0.2, -0.15) is 9.42 Å². The molecule has 1 saturated heterocycles. The smallest absolute Gasteiger partial charge is 0.468 e. The van der Waals surface area contributed by atoms with Crippen LogP contribution in [-0.2, 0) is 18.8 Å². The van der Waals surface area contributed by atoms with E-state index < -0.39 is 55.7 Å². The number of aliphatic hydroxyl groups is 1. The molecule has 39 heavy (non-hydrogen) atoms. The summed E-state index contributed by atoms with van der Waals surface area (Å²) in [7, 11) is -2.74. The molecule has 1 aliphatic heterocycles. The quantitative estimate of drug-likeness (QED) is 0.207. The lowest BCUT2D eigenvalue weighted by molar-refractivity contribution is -0.142. The fourth-order valence-corrected chi connectivity index (χ4v) is 6.53. The summed E-state index contributed by atoms with van der Waals surface area (Å²) in [5, 5.41) is 13.4. The average Bonchev–Trinajstić information content (AvgIpc) is 3.45. The molecule has 0 bridgehead atoms. The summed E-state index contributed by atoms with van der Waals surface area (Å²) in [6.07, 6.45) is -1.64. The monoisotopic (exact) mass is 580 g/mol. The van der Waals surface area contributed by atoms with Gasteiger partial charge < -0.3 is 14.6 Å². The van der Waals surface area contributed by atoms with Crippen LogP contribution in [0.25, 0.3) is 10.4 Å². The third-order valence-electron chi connectivity index (χ3n) is 6.24. The lowest BCUT2D eigenvalue weighted by Crippen LogP contribution is -2.38. The van der Waals surface area contributed by atoms with Crippen molar-refractivity contribution in [2.45, 2.75) is 45.2 Å². The van der Waals surface area contributed by atoms with Crippen molar-refractivity contribution in [3.63, 3.8) is 0 Å². The number of ether oxygens (including phenoxy) is 2. The fourth-order valence-electron chi connectivity index (χ4n) is 4.13. The first-order chi connectivity index (χ1) is 18.5. The Morgan fingerprint density at radius 3 is 2.56 bits per heavy atom. The van der Waals surface area contributed by atoms with Crippen molar-refractivity contribution in [1.82, 2.24) is 14.6 Å². The van der Waals surface area contributed by atoms with Gasteiger partial charge in [0, 0.05) is 27.9 Å². The summed E-state index contributed by atoms with van der Waals surface area (Å²) in [5.41, 5.74) is -0.270. The molecule has 3 heterocycles. The van der Waals surface area contributed by atoms with Crippen LogP contribution < -0.4 is 20.9 Å². The number of aromatic amines is 1. The molecule has 2 aromatic heterocycles. The number of carbonyl (C=O) groups excluding carboxylic acids is 1. The Morgan fingerprint density at radius 2 is 1.95 bits per heavy atom.